The maximum Gasteiger partial charge on any atom is 0.240 e. The normalized spacial score (nSPS) is 20.3. The molecule has 0 amide bonds. The summed E-state index contributed by atoms with van der Waals surface area (Å²) in [7, 11) is -3.42. The second kappa shape index (κ2) is 5.76. The van der Waals surface area contributed by atoms with Crippen LogP contribution in [-0.4, -0.2) is 24.5 Å². The van der Waals surface area contributed by atoms with Gasteiger partial charge in [0.25, 0.3) is 0 Å². The van der Waals surface area contributed by atoms with E-state index in [1.807, 2.05) is 24.5 Å². The molecule has 0 fully saturated rings. The minimum absolute atomic E-state index is 0.320. The molecule has 4 rings (SSSR count). The van der Waals surface area contributed by atoms with Gasteiger partial charge in [0.1, 0.15) is 5.82 Å². The third kappa shape index (κ3) is 2.93. The standard InChI is InChI=1S/C17H21N3O2S/c21-23(22,16-6-5-14-2-1-3-15(14)10-16)19-11-13-4-7-17-18-8-9-20(17)12-13/h5-6,8-10,13,19H,1-4,7,11-12H2/t13-/m0/s1. The van der Waals surface area contributed by atoms with Crippen LogP contribution in [0.5, 0.6) is 0 Å². The van der Waals surface area contributed by atoms with E-state index in [1.54, 1.807) is 6.07 Å². The van der Waals surface area contributed by atoms with Crippen molar-refractivity contribution in [3.63, 3.8) is 0 Å². The lowest BCUT2D eigenvalue weighted by molar-refractivity contribution is 0.363. The molecule has 122 valence electrons. The molecule has 23 heavy (non-hydrogen) atoms. The number of benzene rings is 1. The molecule has 2 aliphatic rings. The number of hydrogen-bond donors (Lipinski definition) is 1. The van der Waals surface area contributed by atoms with Gasteiger partial charge in [0.2, 0.25) is 10.0 Å². The van der Waals surface area contributed by atoms with E-state index in [4.69, 9.17) is 0 Å². The lowest BCUT2D eigenvalue weighted by Gasteiger charge is -2.24. The first-order chi connectivity index (χ1) is 11.1. The lowest BCUT2D eigenvalue weighted by Crippen LogP contribution is -2.33. The van der Waals surface area contributed by atoms with Crippen molar-refractivity contribution in [2.24, 2.45) is 5.92 Å². The van der Waals surface area contributed by atoms with E-state index in [2.05, 4.69) is 14.3 Å². The van der Waals surface area contributed by atoms with E-state index in [0.29, 0.717) is 17.4 Å². The van der Waals surface area contributed by atoms with E-state index in [1.165, 1.54) is 11.1 Å². The van der Waals surface area contributed by atoms with Crippen molar-refractivity contribution in [2.75, 3.05) is 6.54 Å². The summed E-state index contributed by atoms with van der Waals surface area (Å²) in [6.07, 6.45) is 8.86. The average Bonchev–Trinajstić information content (AvgIpc) is 3.20. The van der Waals surface area contributed by atoms with Crippen LogP contribution in [0.25, 0.3) is 0 Å². The van der Waals surface area contributed by atoms with Gasteiger partial charge in [-0.3, -0.25) is 0 Å². The molecule has 1 aromatic heterocycles. The number of aromatic nitrogens is 2. The molecule has 0 bridgehead atoms. The van der Waals surface area contributed by atoms with Crippen LogP contribution in [-0.2, 0) is 35.8 Å². The SMILES string of the molecule is O=S(=O)(NC[C@@H]1CCc2nccn2C1)c1ccc2c(c1)CCC2. The highest BCUT2D eigenvalue weighted by Crippen LogP contribution is 2.25. The number of hydrogen-bond acceptors (Lipinski definition) is 3. The Morgan fingerprint density at radius 1 is 1.22 bits per heavy atom. The number of sulfonamides is 1. The molecule has 0 unspecified atom stereocenters. The fourth-order valence-corrected chi connectivity index (χ4v) is 4.80. The lowest BCUT2D eigenvalue weighted by atomic mass is 10.00. The van der Waals surface area contributed by atoms with Crippen molar-refractivity contribution in [3.05, 3.63) is 47.5 Å². The summed E-state index contributed by atoms with van der Waals surface area (Å²) in [4.78, 5) is 4.71. The first-order valence-corrected chi connectivity index (χ1v) is 9.71. The average molecular weight is 331 g/mol. The number of aryl methyl sites for hydroxylation is 3. The number of fused-ring (bicyclic) bond motifs is 2. The van der Waals surface area contributed by atoms with Gasteiger partial charge < -0.3 is 4.57 Å². The van der Waals surface area contributed by atoms with Gasteiger partial charge in [0.15, 0.2) is 0 Å². The highest BCUT2D eigenvalue weighted by atomic mass is 32.2. The maximum atomic E-state index is 12.5. The topological polar surface area (TPSA) is 64.0 Å². The van der Waals surface area contributed by atoms with Gasteiger partial charge in [-0.05, 0) is 54.9 Å². The molecule has 5 nitrogen and oxygen atoms in total. The van der Waals surface area contributed by atoms with Crippen molar-refractivity contribution >= 4 is 10.0 Å². The van der Waals surface area contributed by atoms with E-state index < -0.39 is 10.0 Å². The molecule has 1 aliphatic heterocycles. The van der Waals surface area contributed by atoms with Crippen LogP contribution in [0, 0.1) is 5.92 Å². The Bertz CT molecular complexity index is 826. The first-order valence-electron chi connectivity index (χ1n) is 8.23. The summed E-state index contributed by atoms with van der Waals surface area (Å²) in [6, 6.07) is 5.55. The highest BCUT2D eigenvalue weighted by Gasteiger charge is 2.23. The molecule has 1 aromatic carbocycles. The number of imidazole rings is 1. The Morgan fingerprint density at radius 3 is 3.00 bits per heavy atom. The maximum absolute atomic E-state index is 12.5. The fourth-order valence-electron chi connectivity index (χ4n) is 3.63. The van der Waals surface area contributed by atoms with Crippen molar-refractivity contribution in [3.8, 4) is 0 Å². The summed E-state index contributed by atoms with van der Waals surface area (Å²) in [5.74, 6) is 1.42. The van der Waals surface area contributed by atoms with Crippen LogP contribution in [0.15, 0.2) is 35.5 Å². The van der Waals surface area contributed by atoms with E-state index in [0.717, 1.165) is 44.5 Å². The zero-order valence-electron chi connectivity index (χ0n) is 13.0. The fraction of sp³-hybridized carbons (Fsp3) is 0.471. The summed E-state index contributed by atoms with van der Waals surface area (Å²) < 4.78 is 30.0. The molecular formula is C17H21N3O2S. The summed E-state index contributed by atoms with van der Waals surface area (Å²) in [6.45, 7) is 1.32. The minimum atomic E-state index is -3.42. The van der Waals surface area contributed by atoms with Gasteiger partial charge >= 0.3 is 0 Å². The molecule has 0 saturated heterocycles. The van der Waals surface area contributed by atoms with E-state index >= 15 is 0 Å². The second-order valence-electron chi connectivity index (χ2n) is 6.54. The predicted octanol–water partition coefficient (Wildman–Crippen LogP) is 1.91. The van der Waals surface area contributed by atoms with Gasteiger partial charge in [-0.25, -0.2) is 18.1 Å². The van der Waals surface area contributed by atoms with Crippen LogP contribution >= 0.6 is 0 Å². The quantitative estimate of drug-likeness (QED) is 0.931. The van der Waals surface area contributed by atoms with Crippen molar-refractivity contribution in [1.82, 2.24) is 14.3 Å². The molecular weight excluding hydrogens is 310 g/mol. The van der Waals surface area contributed by atoms with Crippen LogP contribution in [0.1, 0.15) is 29.8 Å². The summed E-state index contributed by atoms with van der Waals surface area (Å²) >= 11 is 0. The number of nitrogens with zero attached hydrogens (tertiary/aromatic N) is 2. The van der Waals surface area contributed by atoms with E-state index in [9.17, 15) is 8.42 Å². The van der Waals surface area contributed by atoms with Gasteiger partial charge in [-0.1, -0.05) is 6.07 Å². The number of nitrogens with one attached hydrogen (secondary N) is 1. The second-order valence-corrected chi connectivity index (χ2v) is 8.30. The zero-order chi connectivity index (χ0) is 15.9. The summed E-state index contributed by atoms with van der Waals surface area (Å²) in [5.41, 5.74) is 2.48. The van der Waals surface area contributed by atoms with Crippen LogP contribution in [0.4, 0.5) is 0 Å². The van der Waals surface area contributed by atoms with Crippen molar-refractivity contribution in [1.29, 1.82) is 0 Å². The van der Waals surface area contributed by atoms with E-state index in [-0.39, 0.29) is 0 Å². The monoisotopic (exact) mass is 331 g/mol. The molecule has 2 aromatic rings. The highest BCUT2D eigenvalue weighted by molar-refractivity contribution is 7.89. The molecule has 1 aliphatic carbocycles. The Kier molecular flexibility index (Phi) is 3.73. The molecule has 6 heteroatoms. The molecule has 2 heterocycles. The Balaban J connectivity index is 1.44. The molecule has 1 atom stereocenters. The minimum Gasteiger partial charge on any atom is -0.335 e. The molecule has 0 saturated carbocycles. The first kappa shape index (κ1) is 14.9. The Labute approximate surface area is 136 Å². The largest absolute Gasteiger partial charge is 0.335 e. The van der Waals surface area contributed by atoms with Crippen molar-refractivity contribution in [2.45, 2.75) is 43.5 Å². The Morgan fingerprint density at radius 2 is 2.09 bits per heavy atom. The molecule has 1 N–H and O–H groups in total. The third-order valence-electron chi connectivity index (χ3n) is 4.98. The predicted molar refractivity (Wildman–Crippen MR) is 87.7 cm³/mol. The molecule has 0 spiro atoms. The summed E-state index contributed by atoms with van der Waals surface area (Å²) in [5, 5.41) is 0. The Hall–Kier alpha value is -1.66. The smallest absolute Gasteiger partial charge is 0.240 e. The molecule has 0 radical (unpaired) electrons. The van der Waals surface area contributed by atoms with Crippen LogP contribution in [0.3, 0.4) is 0 Å². The zero-order valence-corrected chi connectivity index (χ0v) is 13.8. The number of rotatable bonds is 4. The van der Waals surface area contributed by atoms with Gasteiger partial charge in [-0.15, -0.1) is 0 Å². The van der Waals surface area contributed by atoms with Gasteiger partial charge in [0.05, 0.1) is 4.90 Å². The van der Waals surface area contributed by atoms with Gasteiger partial charge in [-0.2, -0.15) is 0 Å². The van der Waals surface area contributed by atoms with Crippen LogP contribution < -0.4 is 4.72 Å². The van der Waals surface area contributed by atoms with Crippen LogP contribution in [0.2, 0.25) is 0 Å². The van der Waals surface area contributed by atoms with Crippen molar-refractivity contribution < 1.29 is 8.42 Å². The van der Waals surface area contributed by atoms with Gasteiger partial charge in [0, 0.05) is 31.9 Å². The third-order valence-corrected chi connectivity index (χ3v) is 6.40.